The number of phosphoric acid groups is 2. The molecule has 0 spiro atoms. The van der Waals surface area contributed by atoms with Crippen LogP contribution in [0.1, 0.15) is 419 Å². The van der Waals surface area contributed by atoms with Gasteiger partial charge in [-0.05, 0) is 154 Å². The van der Waals surface area contributed by atoms with E-state index in [1.54, 1.807) is 0 Å². The molecule has 121 heavy (non-hydrogen) atoms. The average molecular weight is 1730 g/mol. The lowest BCUT2D eigenvalue weighted by Gasteiger charge is -2.21. The van der Waals surface area contributed by atoms with E-state index in [2.05, 4.69) is 179 Å². The van der Waals surface area contributed by atoms with Crippen LogP contribution in [0.15, 0.2) is 158 Å². The van der Waals surface area contributed by atoms with Crippen molar-refractivity contribution in [3.8, 4) is 0 Å². The van der Waals surface area contributed by atoms with Crippen LogP contribution in [-0.2, 0) is 55.8 Å². The zero-order valence-corrected chi connectivity index (χ0v) is 78.7. The maximum atomic E-state index is 13.1. The smallest absolute Gasteiger partial charge is 0.463 e. The molecule has 0 aromatic carbocycles. The molecule has 16 nitrogen and oxygen atoms in total. The van der Waals surface area contributed by atoms with Gasteiger partial charge in [0.05, 0.1) is 26.4 Å². The number of rotatable bonds is 92. The number of aliphatic hydroxyl groups is 2. The van der Waals surface area contributed by atoms with Crippen molar-refractivity contribution in [2.24, 2.45) is 0 Å². The maximum Gasteiger partial charge on any atom is 0.472 e. The standard InChI is InChI=1S/C103H178O16P2/c1-4-7-10-13-16-19-22-25-28-31-34-37-40-43-46-47-48-49-52-54-56-59-62-65-68-71-74-77-80-83-86-89-101(106)113-92-98(104)93-115-120(109,110)116-94-99(105)95-117-121(111,112)118-97-100(119-103(108)91-88-85-82-79-76-73-70-67-64-61-58-55-51-45-42-39-36-33-30-27-24-21-18-15-12-9-6-3)96-114-102(107)90-87-84-81-78-75-72-69-66-63-60-57-53-50-44-41-38-35-32-29-26-23-20-17-14-11-8-5-2/h8,11,16-21,25-30,34-39,43-46,50-51,98-100,104-105H,4-7,9-10,12-15,22-24,31-33,40-42,47-49,52-97H2,1-3H3,(H,109,110)(H,111,112)/b11-8-,19-16-,20-17-,21-18-,28-25-,29-26-,30-27-,37-34-,38-35-,39-36-,46-43-,50-44-,51-45-. The molecule has 0 bridgehead atoms. The van der Waals surface area contributed by atoms with E-state index in [0.29, 0.717) is 19.3 Å². The minimum absolute atomic E-state index is 0.0970. The largest absolute Gasteiger partial charge is 0.472 e. The summed E-state index contributed by atoms with van der Waals surface area (Å²) < 4.78 is 61.6. The summed E-state index contributed by atoms with van der Waals surface area (Å²) in [5.74, 6) is -1.57. The van der Waals surface area contributed by atoms with Gasteiger partial charge in [0, 0.05) is 19.3 Å². The van der Waals surface area contributed by atoms with Crippen molar-refractivity contribution in [3.05, 3.63) is 158 Å². The zero-order valence-electron chi connectivity index (χ0n) is 76.9. The molecular weight excluding hydrogens is 1560 g/mol. The Morgan fingerprint density at radius 1 is 0.240 bits per heavy atom. The second kappa shape index (κ2) is 94.3. The first-order chi connectivity index (χ1) is 59.2. The maximum absolute atomic E-state index is 13.1. The summed E-state index contributed by atoms with van der Waals surface area (Å²) in [7, 11) is -9.82. The van der Waals surface area contributed by atoms with Gasteiger partial charge in [0.25, 0.3) is 0 Å². The van der Waals surface area contributed by atoms with Gasteiger partial charge >= 0.3 is 33.6 Å². The van der Waals surface area contributed by atoms with Crippen LogP contribution in [0.4, 0.5) is 0 Å². The van der Waals surface area contributed by atoms with Gasteiger partial charge in [-0.3, -0.25) is 32.5 Å². The van der Waals surface area contributed by atoms with Crippen molar-refractivity contribution in [1.82, 2.24) is 0 Å². The number of aliphatic hydroxyl groups excluding tert-OH is 2. The molecule has 18 heteroatoms. The minimum Gasteiger partial charge on any atom is -0.463 e. The van der Waals surface area contributed by atoms with E-state index in [1.165, 1.54) is 205 Å². The van der Waals surface area contributed by atoms with Gasteiger partial charge in [-0.25, -0.2) is 9.13 Å². The topological polar surface area (TPSA) is 231 Å². The first-order valence-electron chi connectivity index (χ1n) is 48.8. The van der Waals surface area contributed by atoms with Gasteiger partial charge in [-0.2, -0.15) is 0 Å². The van der Waals surface area contributed by atoms with Gasteiger partial charge < -0.3 is 34.2 Å². The number of unbranched alkanes of at least 4 members (excludes halogenated alkanes) is 43. The fourth-order valence-electron chi connectivity index (χ4n) is 13.3. The zero-order chi connectivity index (χ0) is 87.9. The van der Waals surface area contributed by atoms with Crippen molar-refractivity contribution in [2.75, 3.05) is 39.6 Å². The second-order valence-electron chi connectivity index (χ2n) is 32.5. The number of hydrogen-bond acceptors (Lipinski definition) is 14. The van der Waals surface area contributed by atoms with Crippen molar-refractivity contribution in [1.29, 1.82) is 0 Å². The highest BCUT2D eigenvalue weighted by atomic mass is 31.2. The van der Waals surface area contributed by atoms with Gasteiger partial charge in [0.1, 0.15) is 25.4 Å². The number of carbonyl (C=O) groups is 3. The van der Waals surface area contributed by atoms with E-state index in [0.717, 1.165) is 154 Å². The number of ether oxygens (including phenoxy) is 3. The summed E-state index contributed by atoms with van der Waals surface area (Å²) in [6, 6.07) is 0. The summed E-state index contributed by atoms with van der Waals surface area (Å²) in [4.78, 5) is 59.1. The Hall–Kier alpha value is -4.83. The number of esters is 3. The molecule has 0 aliphatic heterocycles. The molecule has 0 heterocycles. The van der Waals surface area contributed by atoms with Gasteiger partial charge in [-0.1, -0.05) is 403 Å². The molecule has 5 atom stereocenters. The van der Waals surface area contributed by atoms with E-state index in [1.807, 2.05) is 0 Å². The van der Waals surface area contributed by atoms with Crippen LogP contribution in [0.3, 0.4) is 0 Å². The Bertz CT molecular complexity index is 2830. The highest BCUT2D eigenvalue weighted by Gasteiger charge is 2.30. The highest BCUT2D eigenvalue weighted by molar-refractivity contribution is 7.47. The van der Waals surface area contributed by atoms with E-state index in [4.69, 9.17) is 32.3 Å². The SMILES string of the molecule is CC/C=C\C/C=C\C/C=C\C/C=C\C/C=C\CCCCCCCCCCCCCC(=O)OCC(COP(=O)(O)OCC(O)COP(=O)(O)OCC(O)COC(=O)CCCCCCCCCCCCCCCCC/C=C\C/C=C\C/C=C\C/C=C\CCCCC)OC(=O)CCCCCCCCCCCCC/C=C\C/C=C\C/C=C\C/C=C\CCCCC. The van der Waals surface area contributed by atoms with Crippen molar-refractivity contribution in [2.45, 2.75) is 437 Å². The average Bonchev–Trinajstić information content (AvgIpc) is 0.894. The van der Waals surface area contributed by atoms with Gasteiger partial charge in [-0.15, -0.1) is 0 Å². The van der Waals surface area contributed by atoms with Gasteiger partial charge in [0.15, 0.2) is 6.10 Å². The molecular formula is C103H178O16P2. The monoisotopic (exact) mass is 1730 g/mol. The Morgan fingerprint density at radius 2 is 0.438 bits per heavy atom. The Balaban J connectivity index is 4.63. The molecule has 696 valence electrons. The Morgan fingerprint density at radius 3 is 0.694 bits per heavy atom. The molecule has 0 aromatic rings. The summed E-state index contributed by atoms with van der Waals surface area (Å²) in [6.07, 6.45) is 121. The molecule has 0 radical (unpaired) electrons. The fourth-order valence-corrected chi connectivity index (χ4v) is 14.9. The Kier molecular flexibility index (Phi) is 90.5. The van der Waals surface area contributed by atoms with Crippen LogP contribution < -0.4 is 0 Å². The third-order valence-corrected chi connectivity index (χ3v) is 22.6. The molecule has 0 saturated heterocycles. The lowest BCUT2D eigenvalue weighted by Crippen LogP contribution is -2.30. The molecule has 5 unspecified atom stereocenters. The summed E-state index contributed by atoms with van der Waals surface area (Å²) in [5.41, 5.74) is 0. The summed E-state index contributed by atoms with van der Waals surface area (Å²) in [5, 5.41) is 20.8. The Labute approximate surface area is 740 Å². The minimum atomic E-state index is -4.95. The fraction of sp³-hybridized carbons (Fsp3) is 0.718. The molecule has 0 saturated carbocycles. The molecule has 0 aromatic heterocycles. The number of carbonyl (C=O) groups excluding carboxylic acids is 3. The van der Waals surface area contributed by atoms with E-state index in [9.17, 15) is 43.5 Å². The summed E-state index contributed by atoms with van der Waals surface area (Å²) >= 11 is 0. The lowest BCUT2D eigenvalue weighted by atomic mass is 10.0. The number of allylic oxidation sites excluding steroid dienone is 26. The van der Waals surface area contributed by atoms with E-state index >= 15 is 0 Å². The predicted octanol–water partition coefficient (Wildman–Crippen LogP) is 30.5. The van der Waals surface area contributed by atoms with Crippen LogP contribution in [0.5, 0.6) is 0 Å². The van der Waals surface area contributed by atoms with Crippen molar-refractivity contribution < 1.29 is 75.8 Å². The second-order valence-corrected chi connectivity index (χ2v) is 35.4. The summed E-state index contributed by atoms with van der Waals surface area (Å²) in [6.45, 7) is 2.57. The van der Waals surface area contributed by atoms with Crippen molar-refractivity contribution in [3.63, 3.8) is 0 Å². The quantitative estimate of drug-likeness (QED) is 0.0146. The van der Waals surface area contributed by atoms with Crippen LogP contribution in [0, 0.1) is 0 Å². The molecule has 0 aliphatic carbocycles. The predicted molar refractivity (Wildman–Crippen MR) is 509 cm³/mol. The van der Waals surface area contributed by atoms with Gasteiger partial charge in [0.2, 0.25) is 0 Å². The van der Waals surface area contributed by atoms with Crippen LogP contribution >= 0.6 is 15.6 Å². The number of phosphoric ester groups is 2. The third-order valence-electron chi connectivity index (χ3n) is 20.7. The molecule has 0 fully saturated rings. The van der Waals surface area contributed by atoms with Crippen molar-refractivity contribution >= 4 is 33.6 Å². The lowest BCUT2D eigenvalue weighted by molar-refractivity contribution is -0.161. The highest BCUT2D eigenvalue weighted by Crippen LogP contribution is 2.45. The van der Waals surface area contributed by atoms with Crippen LogP contribution in [0.2, 0.25) is 0 Å². The normalized spacial score (nSPS) is 14.4. The third kappa shape index (κ3) is 95.7. The molecule has 4 N–H and O–H groups in total. The van der Waals surface area contributed by atoms with Crippen LogP contribution in [0.25, 0.3) is 0 Å². The molecule has 0 amide bonds. The number of hydrogen-bond donors (Lipinski definition) is 4. The molecule has 0 aliphatic rings. The molecule has 0 rings (SSSR count). The van der Waals surface area contributed by atoms with Crippen LogP contribution in [-0.4, -0.2) is 95.9 Å². The first kappa shape index (κ1) is 116. The van der Waals surface area contributed by atoms with E-state index in [-0.39, 0.29) is 19.3 Å². The van der Waals surface area contributed by atoms with E-state index < -0.39 is 91.5 Å². The first-order valence-corrected chi connectivity index (χ1v) is 51.8.